The number of nitrogens with zero attached hydrogens (tertiary/aromatic N) is 3. The number of pyridine rings is 1. The van der Waals surface area contributed by atoms with Gasteiger partial charge in [-0.1, -0.05) is 6.92 Å². The molecule has 0 spiro atoms. The highest BCUT2D eigenvalue weighted by Gasteiger charge is 2.50. The number of carbonyl (C=O) groups is 2. The van der Waals surface area contributed by atoms with E-state index in [9.17, 15) is 27.9 Å². The number of aromatic nitrogens is 1. The number of hydrogen-bond donors (Lipinski definition) is 1. The molecule has 7 nitrogen and oxygen atoms in total. The third-order valence-electron chi connectivity index (χ3n) is 8.69. The Morgan fingerprint density at radius 1 is 1.05 bits per heavy atom. The monoisotopic (exact) mass is 609 g/mol. The summed E-state index contributed by atoms with van der Waals surface area (Å²) in [5.74, 6) is -0.739. The van der Waals surface area contributed by atoms with Gasteiger partial charge in [-0.15, -0.1) is 11.3 Å². The number of ether oxygens (including phenoxy) is 1. The van der Waals surface area contributed by atoms with Crippen molar-refractivity contribution in [2.75, 3.05) is 19.0 Å². The van der Waals surface area contributed by atoms with Gasteiger partial charge in [-0.3, -0.25) is 4.79 Å². The minimum Gasteiger partial charge on any atom is -0.477 e. The van der Waals surface area contributed by atoms with Crippen LogP contribution >= 0.6 is 11.3 Å². The van der Waals surface area contributed by atoms with Gasteiger partial charge >= 0.3 is 12.1 Å². The number of carbonyl (C=O) groups excluding carboxylic acids is 1. The van der Waals surface area contributed by atoms with Gasteiger partial charge in [0.15, 0.2) is 0 Å². The number of alkyl halides is 3. The first-order valence-electron chi connectivity index (χ1n) is 14.7. The summed E-state index contributed by atoms with van der Waals surface area (Å²) in [5, 5.41) is 10.1. The minimum atomic E-state index is -4.58. The minimum absolute atomic E-state index is 0.0888. The molecule has 0 radical (unpaired) electrons. The molecule has 2 aliphatic carbocycles. The van der Waals surface area contributed by atoms with Gasteiger partial charge in [0.25, 0.3) is 0 Å². The quantitative estimate of drug-likeness (QED) is 0.322. The van der Waals surface area contributed by atoms with Crippen molar-refractivity contribution in [1.29, 1.82) is 0 Å². The molecule has 0 unspecified atom stereocenters. The predicted molar refractivity (Wildman–Crippen MR) is 157 cm³/mol. The lowest BCUT2D eigenvalue weighted by Gasteiger charge is -2.39. The summed E-state index contributed by atoms with van der Waals surface area (Å²) in [6, 6.07) is 4.82. The Kier molecular flexibility index (Phi) is 9.92. The third-order valence-corrected chi connectivity index (χ3v) is 10.1. The summed E-state index contributed by atoms with van der Waals surface area (Å²) < 4.78 is 48.1. The first kappa shape index (κ1) is 32.3. The number of halogens is 3. The van der Waals surface area contributed by atoms with E-state index in [1.165, 1.54) is 6.07 Å². The maximum atomic E-state index is 14.1. The van der Waals surface area contributed by atoms with E-state index >= 15 is 0 Å². The van der Waals surface area contributed by atoms with Gasteiger partial charge < -0.3 is 19.6 Å². The summed E-state index contributed by atoms with van der Waals surface area (Å²) in [6.45, 7) is 5.00. The summed E-state index contributed by atoms with van der Waals surface area (Å²) in [6.07, 6.45) is 2.51. The number of rotatable bonds is 9. The van der Waals surface area contributed by atoms with Crippen molar-refractivity contribution in [3.8, 4) is 5.88 Å². The maximum Gasteiger partial charge on any atom is 0.398 e. The number of carboxylic acids is 1. The zero-order chi connectivity index (χ0) is 30.8. The molecule has 2 aromatic heterocycles. The average molecular weight is 610 g/mol. The van der Waals surface area contributed by atoms with Crippen molar-refractivity contribution < 1.29 is 32.6 Å². The van der Waals surface area contributed by atoms with Crippen LogP contribution in [0.4, 0.5) is 18.9 Å². The van der Waals surface area contributed by atoms with E-state index < -0.39 is 17.6 Å². The highest BCUT2D eigenvalue weighted by atomic mass is 32.1. The van der Waals surface area contributed by atoms with Gasteiger partial charge in [0.1, 0.15) is 11.0 Å². The van der Waals surface area contributed by atoms with Crippen molar-refractivity contribution in [3.63, 3.8) is 0 Å². The van der Waals surface area contributed by atoms with Crippen molar-refractivity contribution in [3.05, 3.63) is 39.7 Å². The van der Waals surface area contributed by atoms with Crippen LogP contribution in [-0.4, -0.2) is 59.3 Å². The van der Waals surface area contributed by atoms with Crippen molar-refractivity contribution in [2.45, 2.75) is 102 Å². The molecule has 0 aromatic carbocycles. The fourth-order valence-corrected chi connectivity index (χ4v) is 7.04. The second kappa shape index (κ2) is 12.9. The van der Waals surface area contributed by atoms with E-state index in [2.05, 4.69) is 16.8 Å². The molecule has 2 saturated carbocycles. The van der Waals surface area contributed by atoms with Crippen LogP contribution < -0.4 is 9.64 Å². The zero-order valence-corrected chi connectivity index (χ0v) is 25.9. The van der Waals surface area contributed by atoms with Crippen LogP contribution in [0.5, 0.6) is 5.88 Å². The molecule has 0 atom stereocenters. The highest BCUT2D eigenvalue weighted by Crippen LogP contribution is 2.47. The molecule has 1 amide bonds. The van der Waals surface area contributed by atoms with Gasteiger partial charge in [-0.25, -0.2) is 9.78 Å². The lowest BCUT2D eigenvalue weighted by atomic mass is 9.81. The van der Waals surface area contributed by atoms with Crippen LogP contribution in [0.3, 0.4) is 0 Å². The first-order chi connectivity index (χ1) is 19.7. The summed E-state index contributed by atoms with van der Waals surface area (Å²) in [4.78, 5) is 34.1. The number of hydrogen-bond acceptors (Lipinski definition) is 6. The smallest absolute Gasteiger partial charge is 0.398 e. The maximum absolute atomic E-state index is 14.1. The Morgan fingerprint density at radius 2 is 1.69 bits per heavy atom. The van der Waals surface area contributed by atoms with Crippen LogP contribution in [-0.2, 0) is 16.8 Å². The molecule has 1 N–H and O–H groups in total. The standard InChI is InChI=1S/C31H42F3N3O4S/c1-19-6-8-21(9-7-19)28(38)37(24-17-25(42-27(24)29(39)40)30(2,3)31(32,33)34)22-10-12-23(13-11-22)41-26-16-20(14-15-35-26)18-36(4)5/h14-17,19,21-23H,6-13,18H2,1-5H3,(H,39,40)/t19-,21-,22-,23-. The Bertz CT molecular complexity index is 1250. The van der Waals surface area contributed by atoms with Crippen LogP contribution in [0.2, 0.25) is 0 Å². The number of carboxylic acid groups (broad SMARTS) is 1. The van der Waals surface area contributed by atoms with Crippen LogP contribution in [0, 0.1) is 11.8 Å². The van der Waals surface area contributed by atoms with Crippen molar-refractivity contribution in [2.24, 2.45) is 11.8 Å². The van der Waals surface area contributed by atoms with Crippen molar-refractivity contribution in [1.82, 2.24) is 9.88 Å². The van der Waals surface area contributed by atoms with E-state index in [1.807, 2.05) is 26.2 Å². The molecule has 2 heterocycles. The fraction of sp³-hybridized carbons (Fsp3) is 0.645. The van der Waals surface area contributed by atoms with Crippen LogP contribution in [0.25, 0.3) is 0 Å². The molecular formula is C31H42F3N3O4S. The molecule has 42 heavy (non-hydrogen) atoms. The number of thiophene rings is 1. The third kappa shape index (κ3) is 7.27. The van der Waals surface area contributed by atoms with E-state index in [0.29, 0.717) is 61.7 Å². The van der Waals surface area contributed by atoms with Gasteiger partial charge in [-0.05, 0) is 103 Å². The van der Waals surface area contributed by atoms with Crippen LogP contribution in [0.15, 0.2) is 24.4 Å². The predicted octanol–water partition coefficient (Wildman–Crippen LogP) is 7.29. The second-order valence-electron chi connectivity index (χ2n) is 12.7. The Hall–Kier alpha value is -2.66. The number of anilines is 1. The SMILES string of the molecule is CN(C)Cc1ccnc(O[C@H]2CC[C@H](N(c3cc(C(C)(C)C(F)(F)F)sc3C(=O)O)C(=O)[C@H]3CC[C@H](C)CC3)CC2)c1. The molecule has 11 heteroatoms. The molecule has 4 rings (SSSR count). The molecular weight excluding hydrogens is 567 g/mol. The number of aromatic carboxylic acids is 1. The zero-order valence-electron chi connectivity index (χ0n) is 25.0. The summed E-state index contributed by atoms with van der Waals surface area (Å²) >= 11 is 0.616. The van der Waals surface area contributed by atoms with Gasteiger partial charge in [0, 0.05) is 35.6 Å². The summed E-state index contributed by atoms with van der Waals surface area (Å²) in [7, 11) is 3.97. The first-order valence-corrected chi connectivity index (χ1v) is 15.5. The van der Waals surface area contributed by atoms with Crippen LogP contribution in [0.1, 0.15) is 92.3 Å². The number of amides is 1. The normalized spacial score (nSPS) is 23.5. The lowest BCUT2D eigenvalue weighted by Crippen LogP contribution is -2.47. The van der Waals surface area contributed by atoms with Gasteiger partial charge in [0.2, 0.25) is 11.8 Å². The Labute approximate surface area is 250 Å². The topological polar surface area (TPSA) is 83.0 Å². The summed E-state index contributed by atoms with van der Waals surface area (Å²) in [5.41, 5.74) is -1.09. The fourth-order valence-electron chi connectivity index (χ4n) is 5.93. The van der Waals surface area contributed by atoms with Gasteiger partial charge in [0.05, 0.1) is 11.1 Å². The Balaban J connectivity index is 1.60. The van der Waals surface area contributed by atoms with E-state index in [0.717, 1.165) is 38.8 Å². The average Bonchev–Trinajstić information content (AvgIpc) is 3.35. The Morgan fingerprint density at radius 3 is 2.26 bits per heavy atom. The van der Waals surface area contributed by atoms with Crippen molar-refractivity contribution >= 4 is 28.9 Å². The molecule has 0 bridgehead atoms. The van der Waals surface area contributed by atoms with E-state index in [-0.39, 0.29) is 39.4 Å². The molecule has 2 fully saturated rings. The van der Waals surface area contributed by atoms with E-state index in [1.54, 1.807) is 11.1 Å². The highest BCUT2D eigenvalue weighted by molar-refractivity contribution is 7.14. The van der Waals surface area contributed by atoms with E-state index in [4.69, 9.17) is 4.74 Å². The molecule has 0 aliphatic heterocycles. The lowest BCUT2D eigenvalue weighted by molar-refractivity contribution is -0.179. The van der Waals surface area contributed by atoms with Gasteiger partial charge in [-0.2, -0.15) is 13.2 Å². The molecule has 0 saturated heterocycles. The molecule has 232 valence electrons. The largest absolute Gasteiger partial charge is 0.477 e. The second-order valence-corrected chi connectivity index (χ2v) is 13.8. The molecule has 2 aliphatic rings. The molecule has 2 aromatic rings.